The Bertz CT molecular complexity index is 927. The highest BCUT2D eigenvalue weighted by atomic mass is 16.5. The van der Waals surface area contributed by atoms with Crippen molar-refractivity contribution in [3.63, 3.8) is 0 Å². The quantitative estimate of drug-likeness (QED) is 0.654. The second kappa shape index (κ2) is 9.73. The van der Waals surface area contributed by atoms with E-state index in [0.29, 0.717) is 25.4 Å². The van der Waals surface area contributed by atoms with Crippen LogP contribution in [0.15, 0.2) is 72.8 Å². The highest BCUT2D eigenvalue weighted by Gasteiger charge is 2.22. The summed E-state index contributed by atoms with van der Waals surface area (Å²) in [7, 11) is 0. The number of ether oxygens (including phenoxy) is 1. The van der Waals surface area contributed by atoms with Gasteiger partial charge in [0.1, 0.15) is 11.6 Å². The number of hydrogen-bond donors (Lipinski definition) is 1. The highest BCUT2D eigenvalue weighted by molar-refractivity contribution is 5.78. The molecule has 1 N–H and O–H groups in total. The first-order valence-electron chi connectivity index (χ1n) is 10.1. The lowest BCUT2D eigenvalue weighted by atomic mass is 10.2. The molecule has 3 aromatic rings. The molecule has 1 aliphatic heterocycles. The van der Waals surface area contributed by atoms with Gasteiger partial charge in [0, 0.05) is 32.7 Å². The Morgan fingerprint density at radius 2 is 1.57 bits per heavy atom. The molecule has 2 heterocycles. The lowest BCUT2D eigenvalue weighted by Gasteiger charge is -2.35. The van der Waals surface area contributed by atoms with Crippen molar-refractivity contribution in [1.29, 1.82) is 0 Å². The molecular weight excluding hydrogens is 378 g/mol. The second-order valence-electron chi connectivity index (χ2n) is 7.09. The lowest BCUT2D eigenvalue weighted by Crippen LogP contribution is -2.50. The molecular formula is C23H25N5O2. The number of amides is 1. The van der Waals surface area contributed by atoms with Crippen LogP contribution < -0.4 is 15.0 Å². The van der Waals surface area contributed by atoms with Crippen LogP contribution in [0, 0.1) is 0 Å². The molecule has 30 heavy (non-hydrogen) atoms. The number of aromatic nitrogens is 2. The van der Waals surface area contributed by atoms with Crippen LogP contribution in [-0.4, -0.2) is 53.8 Å². The van der Waals surface area contributed by atoms with Gasteiger partial charge in [-0.3, -0.25) is 4.79 Å². The first kappa shape index (κ1) is 19.7. The van der Waals surface area contributed by atoms with Crippen LogP contribution >= 0.6 is 0 Å². The summed E-state index contributed by atoms with van der Waals surface area (Å²) < 4.78 is 5.57. The van der Waals surface area contributed by atoms with Gasteiger partial charge in [-0.25, -0.2) is 0 Å². The van der Waals surface area contributed by atoms with Crippen molar-refractivity contribution in [3.05, 3.63) is 78.4 Å². The number of para-hydroxylation sites is 1. The predicted molar refractivity (Wildman–Crippen MR) is 117 cm³/mol. The van der Waals surface area contributed by atoms with Crippen LogP contribution in [0.1, 0.15) is 5.56 Å². The number of piperazine rings is 1. The van der Waals surface area contributed by atoms with Crippen LogP contribution in [0.5, 0.6) is 5.75 Å². The first-order valence-corrected chi connectivity index (χ1v) is 10.1. The lowest BCUT2D eigenvalue weighted by molar-refractivity contribution is -0.133. The summed E-state index contributed by atoms with van der Waals surface area (Å²) in [5.74, 6) is 2.29. The SMILES string of the molecule is O=C(COc1ccccc1)N1CCN(c2ccc(NCc3ccccc3)nn2)CC1. The number of nitrogens with zero attached hydrogens (tertiary/aromatic N) is 4. The van der Waals surface area contributed by atoms with Gasteiger partial charge in [-0.05, 0) is 29.8 Å². The van der Waals surface area contributed by atoms with Crippen molar-refractivity contribution in [3.8, 4) is 5.75 Å². The normalized spacial score (nSPS) is 13.7. The minimum Gasteiger partial charge on any atom is -0.484 e. The van der Waals surface area contributed by atoms with Gasteiger partial charge in [0.05, 0.1) is 0 Å². The van der Waals surface area contributed by atoms with E-state index < -0.39 is 0 Å². The summed E-state index contributed by atoms with van der Waals surface area (Å²) in [6, 6.07) is 23.5. The first-order chi connectivity index (χ1) is 14.8. The van der Waals surface area contributed by atoms with E-state index in [0.717, 1.165) is 24.7 Å². The number of carbonyl (C=O) groups is 1. The van der Waals surface area contributed by atoms with E-state index in [9.17, 15) is 4.79 Å². The average Bonchev–Trinajstić information content (AvgIpc) is 2.83. The van der Waals surface area contributed by atoms with Gasteiger partial charge in [-0.2, -0.15) is 0 Å². The Labute approximate surface area is 176 Å². The number of rotatable bonds is 7. The summed E-state index contributed by atoms with van der Waals surface area (Å²) in [6.45, 7) is 3.51. The molecule has 0 unspecified atom stereocenters. The molecule has 0 bridgehead atoms. The zero-order valence-corrected chi connectivity index (χ0v) is 16.8. The maximum Gasteiger partial charge on any atom is 0.260 e. The van der Waals surface area contributed by atoms with Crippen molar-refractivity contribution < 1.29 is 9.53 Å². The zero-order chi connectivity index (χ0) is 20.6. The monoisotopic (exact) mass is 403 g/mol. The van der Waals surface area contributed by atoms with E-state index in [1.165, 1.54) is 5.56 Å². The van der Waals surface area contributed by atoms with Crippen LogP contribution in [0.4, 0.5) is 11.6 Å². The van der Waals surface area contributed by atoms with E-state index in [2.05, 4.69) is 32.5 Å². The van der Waals surface area contributed by atoms with E-state index in [1.54, 1.807) is 0 Å². The molecule has 1 aliphatic rings. The molecule has 0 aliphatic carbocycles. The Morgan fingerprint density at radius 1 is 0.867 bits per heavy atom. The fourth-order valence-corrected chi connectivity index (χ4v) is 3.31. The third-order valence-electron chi connectivity index (χ3n) is 5.03. The van der Waals surface area contributed by atoms with Crippen LogP contribution in [-0.2, 0) is 11.3 Å². The molecule has 0 saturated carbocycles. The summed E-state index contributed by atoms with van der Waals surface area (Å²) in [5, 5.41) is 11.9. The molecule has 0 spiro atoms. The molecule has 4 rings (SSSR count). The zero-order valence-electron chi connectivity index (χ0n) is 16.8. The molecule has 7 nitrogen and oxygen atoms in total. The van der Waals surface area contributed by atoms with Gasteiger partial charge in [-0.1, -0.05) is 48.5 Å². The van der Waals surface area contributed by atoms with Crippen molar-refractivity contribution >= 4 is 17.5 Å². The third-order valence-corrected chi connectivity index (χ3v) is 5.03. The summed E-state index contributed by atoms with van der Waals surface area (Å²) >= 11 is 0. The van der Waals surface area contributed by atoms with Crippen molar-refractivity contribution in [2.24, 2.45) is 0 Å². The van der Waals surface area contributed by atoms with Crippen molar-refractivity contribution in [1.82, 2.24) is 15.1 Å². The van der Waals surface area contributed by atoms with Gasteiger partial charge in [0.2, 0.25) is 0 Å². The summed E-state index contributed by atoms with van der Waals surface area (Å²) in [4.78, 5) is 16.4. The average molecular weight is 403 g/mol. The largest absolute Gasteiger partial charge is 0.484 e. The van der Waals surface area contributed by atoms with Crippen LogP contribution in [0.25, 0.3) is 0 Å². The molecule has 0 atom stereocenters. The van der Waals surface area contributed by atoms with Crippen LogP contribution in [0.2, 0.25) is 0 Å². The van der Waals surface area contributed by atoms with E-state index in [-0.39, 0.29) is 12.5 Å². The van der Waals surface area contributed by atoms with Gasteiger partial charge in [0.25, 0.3) is 5.91 Å². The Balaban J connectivity index is 1.23. The summed E-state index contributed by atoms with van der Waals surface area (Å²) in [5.41, 5.74) is 1.19. The minimum absolute atomic E-state index is 0.00467. The molecule has 7 heteroatoms. The van der Waals surface area contributed by atoms with Gasteiger partial charge >= 0.3 is 0 Å². The maximum absolute atomic E-state index is 12.4. The fraction of sp³-hybridized carbons (Fsp3) is 0.261. The Hall–Kier alpha value is -3.61. The minimum atomic E-state index is 0.00467. The van der Waals surface area contributed by atoms with E-state index in [4.69, 9.17) is 4.74 Å². The number of benzene rings is 2. The van der Waals surface area contributed by atoms with Crippen molar-refractivity contribution in [2.75, 3.05) is 43.0 Å². The Morgan fingerprint density at radius 3 is 2.23 bits per heavy atom. The van der Waals surface area contributed by atoms with Gasteiger partial charge in [-0.15, -0.1) is 10.2 Å². The fourth-order valence-electron chi connectivity index (χ4n) is 3.31. The van der Waals surface area contributed by atoms with Crippen LogP contribution in [0.3, 0.4) is 0 Å². The molecule has 2 aromatic carbocycles. The molecule has 1 amide bonds. The van der Waals surface area contributed by atoms with Crippen molar-refractivity contribution in [2.45, 2.75) is 6.54 Å². The summed E-state index contributed by atoms with van der Waals surface area (Å²) in [6.07, 6.45) is 0. The van der Waals surface area contributed by atoms with E-state index >= 15 is 0 Å². The molecule has 0 radical (unpaired) electrons. The topological polar surface area (TPSA) is 70.6 Å². The van der Waals surface area contributed by atoms with Gasteiger partial charge in [0.15, 0.2) is 12.4 Å². The number of anilines is 2. The molecule has 1 fully saturated rings. The molecule has 1 aromatic heterocycles. The maximum atomic E-state index is 12.4. The highest BCUT2D eigenvalue weighted by Crippen LogP contribution is 2.15. The molecule has 154 valence electrons. The Kier molecular flexibility index (Phi) is 6.39. The van der Waals surface area contributed by atoms with Gasteiger partial charge < -0.3 is 19.9 Å². The smallest absolute Gasteiger partial charge is 0.260 e. The number of hydrogen-bond acceptors (Lipinski definition) is 6. The standard InChI is InChI=1S/C23H25N5O2/c29-23(18-30-20-9-5-2-6-10-20)28-15-13-27(14-16-28)22-12-11-21(25-26-22)24-17-19-7-3-1-4-8-19/h1-12H,13-18H2,(H,24,25). The molecule has 1 saturated heterocycles. The van der Waals surface area contributed by atoms with E-state index in [1.807, 2.05) is 65.6 Å². The predicted octanol–water partition coefficient (Wildman–Crippen LogP) is 2.82. The third kappa shape index (κ3) is 5.26. The second-order valence-corrected chi connectivity index (χ2v) is 7.09. The number of nitrogens with one attached hydrogen (secondary N) is 1. The number of carbonyl (C=O) groups excluding carboxylic acids is 1.